The van der Waals surface area contributed by atoms with Crippen LogP contribution in [0.5, 0.6) is 0 Å². The largest absolute Gasteiger partial charge is 0.346 e. The Labute approximate surface area is 176 Å². The fourth-order valence-corrected chi connectivity index (χ4v) is 4.32. The Hall–Kier alpha value is -2.51. The summed E-state index contributed by atoms with van der Waals surface area (Å²) in [5, 5.41) is 0. The maximum Gasteiger partial charge on any atom is 0.229 e. The van der Waals surface area contributed by atoms with Crippen LogP contribution in [0.15, 0.2) is 48.5 Å². The third kappa shape index (κ3) is 4.92. The number of thiocarbonyl (C=S) groups is 1. The zero-order valence-electron chi connectivity index (χ0n) is 16.8. The highest BCUT2D eigenvalue weighted by atomic mass is 32.2. The molecular weight excluding hydrogens is 407 g/mol. The van der Waals surface area contributed by atoms with Crippen molar-refractivity contribution in [3.8, 4) is 0 Å². The first-order valence-corrected chi connectivity index (χ1v) is 11.4. The van der Waals surface area contributed by atoms with Crippen molar-refractivity contribution < 1.29 is 12.8 Å². The zero-order valence-corrected chi connectivity index (χ0v) is 18.4. The van der Waals surface area contributed by atoms with Crippen LogP contribution in [-0.4, -0.2) is 24.1 Å². The fraction of sp³-hybridized carbons (Fsp3) is 0.227. The van der Waals surface area contributed by atoms with Gasteiger partial charge in [-0.05, 0) is 48.7 Å². The number of anilines is 1. The second-order valence-electron chi connectivity index (χ2n) is 7.28. The molecule has 0 saturated heterocycles. The number of rotatable bonds is 6. The van der Waals surface area contributed by atoms with Gasteiger partial charge in [-0.15, -0.1) is 0 Å². The molecule has 0 atom stereocenters. The van der Waals surface area contributed by atoms with E-state index >= 15 is 0 Å². The van der Waals surface area contributed by atoms with Crippen LogP contribution in [0.2, 0.25) is 0 Å². The van der Waals surface area contributed by atoms with E-state index < -0.39 is 15.8 Å². The van der Waals surface area contributed by atoms with Gasteiger partial charge < -0.3 is 4.57 Å². The number of aromatic nitrogens is 1. The van der Waals surface area contributed by atoms with Gasteiger partial charge >= 0.3 is 0 Å². The highest BCUT2D eigenvalue weighted by Crippen LogP contribution is 2.24. The number of aryl methyl sites for hydroxylation is 2. The summed E-state index contributed by atoms with van der Waals surface area (Å²) in [6, 6.07) is 14.5. The van der Waals surface area contributed by atoms with Crippen LogP contribution in [0, 0.1) is 19.7 Å². The molecule has 0 radical (unpaired) electrons. The molecular formula is C22H23FN2O2S2. The summed E-state index contributed by atoms with van der Waals surface area (Å²) in [6.45, 7) is 4.03. The van der Waals surface area contributed by atoms with E-state index in [1.807, 2.05) is 55.8 Å². The van der Waals surface area contributed by atoms with Crippen LogP contribution in [0.4, 0.5) is 10.1 Å². The molecule has 0 fully saturated rings. The van der Waals surface area contributed by atoms with Gasteiger partial charge in [0.25, 0.3) is 0 Å². The molecule has 0 saturated carbocycles. The third-order valence-corrected chi connectivity index (χ3v) is 5.82. The highest BCUT2D eigenvalue weighted by molar-refractivity contribution is 7.92. The SMILES string of the molecule is Cc1ccc(C(=S)c2c(C)cc(Cc3ccc(NS(C)(=O)=O)cc3F)n2C)cc1. The van der Waals surface area contributed by atoms with Crippen LogP contribution < -0.4 is 4.72 Å². The summed E-state index contributed by atoms with van der Waals surface area (Å²) in [7, 11) is -1.52. The molecule has 4 nitrogen and oxygen atoms in total. The zero-order chi connectivity index (χ0) is 21.3. The van der Waals surface area contributed by atoms with E-state index in [0.717, 1.165) is 33.6 Å². The summed E-state index contributed by atoms with van der Waals surface area (Å²) < 4.78 is 41.5. The molecule has 1 heterocycles. The number of sulfonamides is 1. The lowest BCUT2D eigenvalue weighted by Crippen LogP contribution is -2.11. The second-order valence-corrected chi connectivity index (χ2v) is 9.44. The van der Waals surface area contributed by atoms with E-state index in [-0.39, 0.29) is 5.69 Å². The minimum atomic E-state index is -3.45. The molecule has 7 heteroatoms. The Morgan fingerprint density at radius 2 is 1.76 bits per heavy atom. The van der Waals surface area contributed by atoms with Gasteiger partial charge in [0.05, 0.1) is 22.5 Å². The van der Waals surface area contributed by atoms with Crippen LogP contribution in [0.1, 0.15) is 33.6 Å². The number of nitrogens with zero attached hydrogens (tertiary/aromatic N) is 1. The van der Waals surface area contributed by atoms with Crippen molar-refractivity contribution in [1.29, 1.82) is 0 Å². The van der Waals surface area contributed by atoms with E-state index in [1.165, 1.54) is 11.6 Å². The normalized spacial score (nSPS) is 11.5. The van der Waals surface area contributed by atoms with Gasteiger partial charge in [-0.25, -0.2) is 12.8 Å². The number of benzene rings is 2. The minimum Gasteiger partial charge on any atom is -0.346 e. The average molecular weight is 431 g/mol. The summed E-state index contributed by atoms with van der Waals surface area (Å²) in [5.74, 6) is -0.458. The predicted octanol–water partition coefficient (Wildman–Crippen LogP) is 4.51. The van der Waals surface area contributed by atoms with Crippen LogP contribution in [-0.2, 0) is 23.5 Å². The topological polar surface area (TPSA) is 51.1 Å². The van der Waals surface area contributed by atoms with E-state index in [1.54, 1.807) is 12.1 Å². The quantitative estimate of drug-likeness (QED) is 0.462. The lowest BCUT2D eigenvalue weighted by molar-refractivity contribution is 0.606. The van der Waals surface area contributed by atoms with Gasteiger partial charge in [-0.3, -0.25) is 4.72 Å². The van der Waals surface area contributed by atoms with Crippen LogP contribution in [0.3, 0.4) is 0 Å². The van der Waals surface area contributed by atoms with Gasteiger partial charge in [0, 0.05) is 19.2 Å². The lowest BCUT2D eigenvalue weighted by atomic mass is 10.1. The molecule has 152 valence electrons. The molecule has 3 rings (SSSR count). The summed E-state index contributed by atoms with van der Waals surface area (Å²) in [4.78, 5) is 0.754. The summed E-state index contributed by atoms with van der Waals surface area (Å²) in [5.41, 5.74) is 5.73. The first-order valence-electron chi connectivity index (χ1n) is 9.08. The minimum absolute atomic E-state index is 0.207. The van der Waals surface area contributed by atoms with Crippen molar-refractivity contribution >= 4 is 32.8 Å². The molecule has 2 aromatic carbocycles. The van der Waals surface area contributed by atoms with Crippen molar-refractivity contribution in [1.82, 2.24) is 4.57 Å². The Morgan fingerprint density at radius 3 is 2.34 bits per heavy atom. The van der Waals surface area contributed by atoms with Gasteiger partial charge in [0.15, 0.2) is 0 Å². The van der Waals surface area contributed by atoms with Crippen LogP contribution >= 0.6 is 12.2 Å². The number of nitrogens with one attached hydrogen (secondary N) is 1. The van der Waals surface area contributed by atoms with Gasteiger partial charge in [-0.2, -0.15) is 0 Å². The number of halogens is 1. The monoisotopic (exact) mass is 430 g/mol. The Kier molecular flexibility index (Phi) is 5.91. The van der Waals surface area contributed by atoms with Crippen molar-refractivity contribution in [3.63, 3.8) is 0 Å². The van der Waals surface area contributed by atoms with Gasteiger partial charge in [0.1, 0.15) is 5.82 Å². The number of hydrogen-bond donors (Lipinski definition) is 1. The van der Waals surface area contributed by atoms with Crippen molar-refractivity contribution in [2.45, 2.75) is 20.3 Å². The highest BCUT2D eigenvalue weighted by Gasteiger charge is 2.17. The smallest absolute Gasteiger partial charge is 0.229 e. The third-order valence-electron chi connectivity index (χ3n) is 4.78. The predicted molar refractivity (Wildman–Crippen MR) is 120 cm³/mol. The summed E-state index contributed by atoms with van der Waals surface area (Å²) >= 11 is 5.72. The molecule has 1 N–H and O–H groups in total. The van der Waals surface area contributed by atoms with Crippen LogP contribution in [0.25, 0.3) is 0 Å². The molecule has 29 heavy (non-hydrogen) atoms. The van der Waals surface area contributed by atoms with Crippen molar-refractivity contribution in [2.75, 3.05) is 11.0 Å². The average Bonchev–Trinajstić information content (AvgIpc) is 2.89. The lowest BCUT2D eigenvalue weighted by Gasteiger charge is -2.12. The van der Waals surface area contributed by atoms with Gasteiger partial charge in [-0.1, -0.05) is 48.1 Å². The first kappa shape index (κ1) is 21.2. The van der Waals surface area contributed by atoms with Gasteiger partial charge in [0.2, 0.25) is 10.0 Å². The maximum absolute atomic E-state index is 14.5. The summed E-state index contributed by atoms with van der Waals surface area (Å²) in [6.07, 6.45) is 1.41. The molecule has 0 amide bonds. The Morgan fingerprint density at radius 1 is 1.10 bits per heavy atom. The standard InChI is InChI=1S/C22H23FN2O2S2/c1-14-5-7-16(8-6-14)22(28)21-15(2)11-19(25(21)3)12-17-9-10-18(13-20(17)23)24-29(4,26)27/h5-11,13,24H,12H2,1-4H3. The Bertz CT molecular complexity index is 1180. The molecule has 3 aromatic rings. The molecule has 1 aromatic heterocycles. The van der Waals surface area contributed by atoms with E-state index in [4.69, 9.17) is 12.2 Å². The molecule has 0 spiro atoms. The first-order chi connectivity index (χ1) is 13.5. The molecule has 0 aliphatic carbocycles. The van der Waals surface area contributed by atoms with E-state index in [2.05, 4.69) is 4.72 Å². The van der Waals surface area contributed by atoms with Crippen molar-refractivity contribution in [2.24, 2.45) is 7.05 Å². The van der Waals surface area contributed by atoms with E-state index in [0.29, 0.717) is 12.0 Å². The molecule has 0 bridgehead atoms. The molecule has 0 unspecified atom stereocenters. The molecule has 0 aliphatic heterocycles. The molecule has 0 aliphatic rings. The number of hydrogen-bond acceptors (Lipinski definition) is 3. The fourth-order valence-electron chi connectivity index (χ4n) is 3.33. The Balaban J connectivity index is 1.89. The second kappa shape index (κ2) is 8.08. The maximum atomic E-state index is 14.5. The van der Waals surface area contributed by atoms with Crippen molar-refractivity contribution in [3.05, 3.63) is 88.0 Å². The van der Waals surface area contributed by atoms with E-state index in [9.17, 15) is 12.8 Å².